The Hall–Kier alpha value is -1.93. The monoisotopic (exact) mass is 402 g/mol. The Balaban J connectivity index is 1.35. The summed E-state index contributed by atoms with van der Waals surface area (Å²) in [5, 5.41) is 4.43. The van der Waals surface area contributed by atoms with Gasteiger partial charge in [-0.15, -0.1) is 0 Å². The Morgan fingerprint density at radius 1 is 1.04 bits per heavy atom. The van der Waals surface area contributed by atoms with Gasteiger partial charge in [-0.25, -0.2) is 17.9 Å². The van der Waals surface area contributed by atoms with Crippen molar-refractivity contribution in [3.8, 4) is 0 Å². The van der Waals surface area contributed by atoms with Crippen LogP contribution < -0.4 is 5.69 Å². The Morgan fingerprint density at radius 2 is 1.75 bits per heavy atom. The van der Waals surface area contributed by atoms with Gasteiger partial charge in [0, 0.05) is 32.1 Å². The summed E-state index contributed by atoms with van der Waals surface area (Å²) in [6, 6.07) is 5.62. The average Bonchev–Trinajstić information content (AvgIpc) is 3.36. The van der Waals surface area contributed by atoms with Crippen LogP contribution in [0.1, 0.15) is 61.0 Å². The van der Waals surface area contributed by atoms with E-state index in [2.05, 4.69) is 5.10 Å². The number of aryl methyl sites for hydroxylation is 3. The van der Waals surface area contributed by atoms with E-state index in [1.807, 2.05) is 16.7 Å². The lowest BCUT2D eigenvalue weighted by Crippen LogP contribution is -2.41. The van der Waals surface area contributed by atoms with E-state index in [0.717, 1.165) is 37.9 Å². The van der Waals surface area contributed by atoms with Crippen molar-refractivity contribution < 1.29 is 8.42 Å². The van der Waals surface area contributed by atoms with Crippen LogP contribution in [0.3, 0.4) is 0 Å². The molecule has 1 aromatic heterocycles. The number of aromatic nitrogens is 3. The summed E-state index contributed by atoms with van der Waals surface area (Å²) >= 11 is 0. The lowest BCUT2D eigenvalue weighted by molar-refractivity contribution is 0.266. The van der Waals surface area contributed by atoms with Gasteiger partial charge in [0.2, 0.25) is 10.0 Å². The number of nitrogens with zero attached hydrogens (tertiary/aromatic N) is 4. The third-order valence-corrected chi connectivity index (χ3v) is 8.32. The highest BCUT2D eigenvalue weighted by atomic mass is 32.2. The second kappa shape index (κ2) is 6.56. The lowest BCUT2D eigenvalue weighted by Gasteiger charge is -2.32. The first-order valence-electron chi connectivity index (χ1n) is 10.2. The number of hydrogen-bond acceptors (Lipinski definition) is 4. The molecule has 8 heteroatoms. The summed E-state index contributed by atoms with van der Waals surface area (Å²) in [7, 11) is -1.79. The highest BCUT2D eigenvalue weighted by Crippen LogP contribution is 2.40. The van der Waals surface area contributed by atoms with Crippen molar-refractivity contribution in [1.82, 2.24) is 18.7 Å². The van der Waals surface area contributed by atoms with E-state index in [9.17, 15) is 13.2 Å². The minimum Gasteiger partial charge on any atom is -0.275 e. The van der Waals surface area contributed by atoms with Crippen molar-refractivity contribution >= 4 is 10.0 Å². The fourth-order valence-corrected chi connectivity index (χ4v) is 6.18. The molecule has 2 fully saturated rings. The van der Waals surface area contributed by atoms with Crippen LogP contribution in [0.25, 0.3) is 0 Å². The molecule has 3 aliphatic rings. The van der Waals surface area contributed by atoms with Gasteiger partial charge in [0.25, 0.3) is 0 Å². The van der Waals surface area contributed by atoms with Crippen LogP contribution in [0.2, 0.25) is 0 Å². The molecule has 0 radical (unpaired) electrons. The highest BCUT2D eigenvalue weighted by molar-refractivity contribution is 7.89. The Bertz CT molecular complexity index is 1070. The van der Waals surface area contributed by atoms with Crippen LogP contribution in [0.5, 0.6) is 0 Å². The molecule has 0 atom stereocenters. The molecule has 7 nitrogen and oxygen atoms in total. The maximum atomic E-state index is 13.1. The first-order valence-corrected chi connectivity index (χ1v) is 11.7. The van der Waals surface area contributed by atoms with Gasteiger partial charge in [0.1, 0.15) is 5.82 Å². The predicted octanol–water partition coefficient (Wildman–Crippen LogP) is 1.97. The standard InChI is InChI=1S/C20H26N4O3S/c1-22-20(25)24(19(21-22)15-5-6-15)17-9-11-23(12-10-17)28(26,27)18-8-7-14-3-2-4-16(14)13-18/h7-8,13,15,17H,2-6,9-12H2,1H3. The zero-order valence-electron chi connectivity index (χ0n) is 16.2. The third kappa shape index (κ3) is 2.93. The molecular formula is C20H26N4O3S. The van der Waals surface area contributed by atoms with Gasteiger partial charge >= 0.3 is 5.69 Å². The number of benzene rings is 1. The second-order valence-electron chi connectivity index (χ2n) is 8.33. The summed E-state index contributed by atoms with van der Waals surface area (Å²) in [5.74, 6) is 1.27. The first kappa shape index (κ1) is 18.1. The summed E-state index contributed by atoms with van der Waals surface area (Å²) < 4.78 is 31.1. The normalized spacial score (nSPS) is 21.2. The van der Waals surface area contributed by atoms with Gasteiger partial charge in [-0.1, -0.05) is 6.07 Å². The molecule has 28 heavy (non-hydrogen) atoms. The summed E-state index contributed by atoms with van der Waals surface area (Å²) in [4.78, 5) is 13.0. The molecule has 0 N–H and O–H groups in total. The van der Waals surface area contributed by atoms with Crippen LogP contribution in [-0.2, 0) is 29.9 Å². The fourth-order valence-electron chi connectivity index (χ4n) is 4.66. The molecule has 0 unspecified atom stereocenters. The van der Waals surface area contributed by atoms with Gasteiger partial charge in [-0.2, -0.15) is 9.40 Å². The molecule has 1 saturated heterocycles. The number of hydrogen-bond donors (Lipinski definition) is 0. The fraction of sp³-hybridized carbons (Fsp3) is 0.600. The molecule has 2 aromatic rings. The Labute approximate surface area is 165 Å². The molecule has 2 aliphatic carbocycles. The van der Waals surface area contributed by atoms with Crippen LogP contribution in [0, 0.1) is 0 Å². The molecule has 0 amide bonds. The van der Waals surface area contributed by atoms with E-state index < -0.39 is 10.0 Å². The largest absolute Gasteiger partial charge is 0.345 e. The van der Waals surface area contributed by atoms with Crippen LogP contribution in [-0.4, -0.2) is 40.2 Å². The van der Waals surface area contributed by atoms with E-state index in [1.54, 1.807) is 17.4 Å². The molecular weight excluding hydrogens is 376 g/mol. The highest BCUT2D eigenvalue weighted by Gasteiger charge is 2.36. The maximum absolute atomic E-state index is 13.1. The lowest BCUT2D eigenvalue weighted by atomic mass is 10.1. The van der Waals surface area contributed by atoms with Gasteiger partial charge in [0.05, 0.1) is 4.90 Å². The van der Waals surface area contributed by atoms with Gasteiger partial charge in [0.15, 0.2) is 0 Å². The third-order valence-electron chi connectivity index (χ3n) is 6.42. The summed E-state index contributed by atoms with van der Waals surface area (Å²) in [6.07, 6.45) is 6.58. The first-order chi connectivity index (χ1) is 13.4. The number of sulfonamides is 1. The van der Waals surface area contributed by atoms with E-state index >= 15 is 0 Å². The topological polar surface area (TPSA) is 77.2 Å². The van der Waals surface area contributed by atoms with Gasteiger partial charge < -0.3 is 0 Å². The number of fused-ring (bicyclic) bond motifs is 1. The van der Waals surface area contributed by atoms with Crippen molar-refractivity contribution in [2.24, 2.45) is 7.05 Å². The minimum atomic E-state index is -3.48. The van der Waals surface area contributed by atoms with E-state index in [4.69, 9.17) is 0 Å². The maximum Gasteiger partial charge on any atom is 0.345 e. The molecule has 2 heterocycles. The van der Waals surface area contributed by atoms with Crippen LogP contribution >= 0.6 is 0 Å². The van der Waals surface area contributed by atoms with Crippen molar-refractivity contribution in [2.75, 3.05) is 13.1 Å². The Morgan fingerprint density at radius 3 is 2.46 bits per heavy atom. The van der Waals surface area contributed by atoms with Crippen LogP contribution in [0.4, 0.5) is 0 Å². The SMILES string of the molecule is Cn1nc(C2CC2)n(C2CCN(S(=O)(=O)c3ccc4c(c3)CCC4)CC2)c1=O. The van der Waals surface area contributed by atoms with Crippen molar-refractivity contribution in [3.05, 3.63) is 45.6 Å². The van der Waals surface area contributed by atoms with Crippen molar-refractivity contribution in [1.29, 1.82) is 0 Å². The zero-order valence-corrected chi connectivity index (χ0v) is 17.0. The molecule has 1 aromatic carbocycles. The van der Waals surface area contributed by atoms with E-state index in [1.165, 1.54) is 15.8 Å². The molecule has 5 rings (SSSR count). The average molecular weight is 403 g/mol. The molecule has 150 valence electrons. The quantitative estimate of drug-likeness (QED) is 0.783. The van der Waals surface area contributed by atoms with Crippen molar-refractivity contribution in [3.63, 3.8) is 0 Å². The minimum absolute atomic E-state index is 0.0308. The van der Waals surface area contributed by atoms with Crippen molar-refractivity contribution in [2.45, 2.75) is 61.8 Å². The van der Waals surface area contributed by atoms with Crippen LogP contribution in [0.15, 0.2) is 27.9 Å². The second-order valence-corrected chi connectivity index (χ2v) is 10.3. The predicted molar refractivity (Wildman–Crippen MR) is 105 cm³/mol. The van der Waals surface area contributed by atoms with E-state index in [0.29, 0.717) is 36.7 Å². The smallest absolute Gasteiger partial charge is 0.275 e. The molecule has 1 aliphatic heterocycles. The number of rotatable bonds is 4. The molecule has 0 spiro atoms. The Kier molecular flexibility index (Phi) is 4.24. The number of piperidine rings is 1. The summed E-state index contributed by atoms with van der Waals surface area (Å²) in [5.41, 5.74) is 2.37. The van der Waals surface area contributed by atoms with E-state index in [-0.39, 0.29) is 11.7 Å². The van der Waals surface area contributed by atoms with Gasteiger partial charge in [-0.05, 0) is 68.2 Å². The molecule has 0 bridgehead atoms. The molecule has 1 saturated carbocycles. The van der Waals surface area contributed by atoms with Gasteiger partial charge in [-0.3, -0.25) is 4.57 Å². The zero-order chi connectivity index (χ0) is 19.5. The summed E-state index contributed by atoms with van der Waals surface area (Å²) in [6.45, 7) is 0.880.